The monoisotopic (exact) mass is 406 g/mol. The van der Waals surface area contributed by atoms with Crippen LogP contribution in [-0.4, -0.2) is 62.9 Å². The van der Waals surface area contributed by atoms with Gasteiger partial charge in [0.2, 0.25) is 15.9 Å². The van der Waals surface area contributed by atoms with E-state index in [1.165, 1.54) is 10.4 Å². The molecule has 0 saturated carbocycles. The summed E-state index contributed by atoms with van der Waals surface area (Å²) in [4.78, 5) is 14.4. The third kappa shape index (κ3) is 3.95. The molecule has 0 N–H and O–H groups in total. The Kier molecular flexibility index (Phi) is 5.90. The average molecular weight is 407 g/mol. The van der Waals surface area contributed by atoms with Gasteiger partial charge in [-0.15, -0.1) is 0 Å². The first kappa shape index (κ1) is 18.9. The highest BCUT2D eigenvalue weighted by molar-refractivity contribution is 7.89. The van der Waals surface area contributed by atoms with Crippen LogP contribution >= 0.6 is 23.2 Å². The molecule has 1 aromatic rings. The zero-order chi connectivity index (χ0) is 18.0. The molecular weight excluding hydrogens is 387 g/mol. The summed E-state index contributed by atoms with van der Waals surface area (Å²) in [5.74, 6) is -0.0412. The molecule has 0 bridgehead atoms. The molecule has 2 saturated heterocycles. The van der Waals surface area contributed by atoms with Crippen LogP contribution in [0.3, 0.4) is 0 Å². The summed E-state index contributed by atoms with van der Waals surface area (Å²) >= 11 is 12.0. The third-order valence-corrected chi connectivity index (χ3v) is 7.53. The van der Waals surface area contributed by atoms with E-state index in [4.69, 9.17) is 27.9 Å². The molecule has 138 valence electrons. The van der Waals surface area contributed by atoms with Crippen molar-refractivity contribution in [2.45, 2.75) is 17.7 Å². The lowest BCUT2D eigenvalue weighted by Gasteiger charge is -2.35. The van der Waals surface area contributed by atoms with Crippen molar-refractivity contribution in [1.29, 1.82) is 0 Å². The number of ether oxygens (including phenoxy) is 1. The lowest BCUT2D eigenvalue weighted by Crippen LogP contribution is -2.47. The van der Waals surface area contributed by atoms with Gasteiger partial charge in [-0.05, 0) is 25.0 Å². The summed E-state index contributed by atoms with van der Waals surface area (Å²) in [5, 5.41) is 0.246. The Morgan fingerprint density at radius 3 is 2.36 bits per heavy atom. The molecule has 2 aliphatic heterocycles. The molecule has 0 unspecified atom stereocenters. The SMILES string of the molecule is O=C(C1CCN(S(=O)(=O)c2cccc(Cl)c2Cl)CC1)N1CCOCC1. The van der Waals surface area contributed by atoms with Gasteiger partial charge in [-0.1, -0.05) is 29.3 Å². The fourth-order valence-corrected chi connectivity index (χ4v) is 5.41. The fourth-order valence-electron chi connectivity index (χ4n) is 3.21. The molecule has 6 nitrogen and oxygen atoms in total. The van der Waals surface area contributed by atoms with E-state index in [1.807, 2.05) is 4.90 Å². The van der Waals surface area contributed by atoms with Gasteiger partial charge in [0.25, 0.3) is 0 Å². The smallest absolute Gasteiger partial charge is 0.244 e. The number of piperidine rings is 1. The standard InChI is InChI=1S/C16H20Cl2N2O4S/c17-13-2-1-3-14(15(13)18)25(22,23)20-6-4-12(5-7-20)16(21)19-8-10-24-11-9-19/h1-3,12H,4-11H2. The first-order valence-corrected chi connectivity index (χ1v) is 10.4. The molecule has 2 aliphatic rings. The summed E-state index contributed by atoms with van der Waals surface area (Å²) < 4.78 is 32.3. The molecule has 1 amide bonds. The summed E-state index contributed by atoms with van der Waals surface area (Å²) in [6.07, 6.45) is 1.02. The zero-order valence-electron chi connectivity index (χ0n) is 13.7. The van der Waals surface area contributed by atoms with Crippen molar-refractivity contribution in [2.24, 2.45) is 5.92 Å². The van der Waals surface area contributed by atoms with Crippen LogP contribution in [0.4, 0.5) is 0 Å². The molecular formula is C16H20Cl2N2O4S. The maximum Gasteiger partial charge on any atom is 0.244 e. The van der Waals surface area contributed by atoms with Gasteiger partial charge in [0.1, 0.15) is 4.90 Å². The highest BCUT2D eigenvalue weighted by atomic mass is 35.5. The molecule has 2 fully saturated rings. The van der Waals surface area contributed by atoms with Crippen molar-refractivity contribution in [3.63, 3.8) is 0 Å². The molecule has 0 aromatic heterocycles. The van der Waals surface area contributed by atoms with Gasteiger partial charge in [-0.25, -0.2) is 8.42 Å². The quantitative estimate of drug-likeness (QED) is 0.771. The zero-order valence-corrected chi connectivity index (χ0v) is 16.0. The Morgan fingerprint density at radius 1 is 1.08 bits per heavy atom. The van der Waals surface area contributed by atoms with Gasteiger partial charge < -0.3 is 9.64 Å². The van der Waals surface area contributed by atoms with Crippen molar-refractivity contribution in [2.75, 3.05) is 39.4 Å². The van der Waals surface area contributed by atoms with Gasteiger partial charge in [-0.2, -0.15) is 4.31 Å². The number of morpholine rings is 1. The fraction of sp³-hybridized carbons (Fsp3) is 0.562. The minimum absolute atomic E-state index is 0.0135. The van der Waals surface area contributed by atoms with E-state index in [1.54, 1.807) is 12.1 Å². The topological polar surface area (TPSA) is 66.9 Å². The Hall–Kier alpha value is -0.860. The minimum atomic E-state index is -3.72. The second kappa shape index (κ2) is 7.80. The second-order valence-corrected chi connectivity index (χ2v) is 8.86. The molecule has 1 aromatic carbocycles. The van der Waals surface area contributed by atoms with Gasteiger partial charge in [0.15, 0.2) is 0 Å². The number of hydrogen-bond acceptors (Lipinski definition) is 4. The molecule has 3 rings (SSSR count). The highest BCUT2D eigenvalue weighted by Gasteiger charge is 2.35. The van der Waals surface area contributed by atoms with Crippen molar-refractivity contribution in [3.8, 4) is 0 Å². The predicted molar refractivity (Wildman–Crippen MR) is 95.3 cm³/mol. The number of halogens is 2. The van der Waals surface area contributed by atoms with Crippen LogP contribution < -0.4 is 0 Å². The predicted octanol–water partition coefficient (Wildman–Crippen LogP) is 2.25. The summed E-state index contributed by atoms with van der Waals surface area (Å²) in [5.41, 5.74) is 0. The lowest BCUT2D eigenvalue weighted by molar-refractivity contribution is -0.140. The summed E-state index contributed by atoms with van der Waals surface area (Å²) in [6.45, 7) is 2.93. The van der Waals surface area contributed by atoms with Gasteiger partial charge in [0, 0.05) is 32.1 Å². The number of carbonyl (C=O) groups is 1. The van der Waals surface area contributed by atoms with Crippen LogP contribution in [-0.2, 0) is 19.6 Å². The van der Waals surface area contributed by atoms with Crippen LogP contribution in [0.5, 0.6) is 0 Å². The van der Waals surface area contributed by atoms with Gasteiger partial charge in [0.05, 0.1) is 23.3 Å². The number of nitrogens with zero attached hydrogens (tertiary/aromatic N) is 2. The Morgan fingerprint density at radius 2 is 1.72 bits per heavy atom. The van der Waals surface area contributed by atoms with E-state index in [0.717, 1.165) is 0 Å². The summed E-state index contributed by atoms with van der Waals surface area (Å²) in [7, 11) is -3.72. The van der Waals surface area contributed by atoms with Crippen LogP contribution in [0.2, 0.25) is 10.0 Å². The highest BCUT2D eigenvalue weighted by Crippen LogP contribution is 2.32. The van der Waals surface area contributed by atoms with Crippen molar-refractivity contribution in [1.82, 2.24) is 9.21 Å². The first-order valence-electron chi connectivity index (χ1n) is 8.22. The van der Waals surface area contributed by atoms with E-state index in [9.17, 15) is 13.2 Å². The van der Waals surface area contributed by atoms with E-state index in [-0.39, 0.29) is 26.8 Å². The molecule has 2 heterocycles. The van der Waals surface area contributed by atoms with Crippen LogP contribution in [0.1, 0.15) is 12.8 Å². The number of amides is 1. The molecule has 0 spiro atoms. The van der Waals surface area contributed by atoms with Crippen molar-refractivity contribution >= 4 is 39.1 Å². The number of carbonyl (C=O) groups excluding carboxylic acids is 1. The largest absolute Gasteiger partial charge is 0.378 e. The van der Waals surface area contributed by atoms with Crippen LogP contribution in [0, 0.1) is 5.92 Å². The molecule has 9 heteroatoms. The maximum atomic E-state index is 12.8. The Balaban J connectivity index is 1.67. The van der Waals surface area contributed by atoms with Crippen molar-refractivity contribution in [3.05, 3.63) is 28.2 Å². The normalized spacial score (nSPS) is 20.6. The Bertz CT molecular complexity index is 743. The number of rotatable bonds is 3. The van der Waals surface area contributed by atoms with Gasteiger partial charge in [-0.3, -0.25) is 4.79 Å². The maximum absolute atomic E-state index is 12.8. The second-order valence-electron chi connectivity index (χ2n) is 6.17. The van der Waals surface area contributed by atoms with E-state index in [2.05, 4.69) is 0 Å². The molecule has 25 heavy (non-hydrogen) atoms. The molecule has 0 radical (unpaired) electrons. The van der Waals surface area contributed by atoms with Gasteiger partial charge >= 0.3 is 0 Å². The minimum Gasteiger partial charge on any atom is -0.378 e. The first-order chi connectivity index (χ1) is 11.9. The van der Waals surface area contributed by atoms with E-state index >= 15 is 0 Å². The molecule has 0 aliphatic carbocycles. The Labute approximate surface area is 157 Å². The summed E-state index contributed by atoms with van der Waals surface area (Å²) in [6, 6.07) is 4.57. The van der Waals surface area contributed by atoms with E-state index in [0.29, 0.717) is 52.2 Å². The van der Waals surface area contributed by atoms with Crippen LogP contribution in [0.25, 0.3) is 0 Å². The van der Waals surface area contributed by atoms with Crippen LogP contribution in [0.15, 0.2) is 23.1 Å². The average Bonchev–Trinajstić information content (AvgIpc) is 2.64. The van der Waals surface area contributed by atoms with Crippen molar-refractivity contribution < 1.29 is 17.9 Å². The van der Waals surface area contributed by atoms with E-state index < -0.39 is 10.0 Å². The molecule has 0 atom stereocenters. The number of sulfonamides is 1. The third-order valence-electron chi connectivity index (χ3n) is 4.66. The number of hydrogen-bond donors (Lipinski definition) is 0. The number of benzene rings is 1. The lowest BCUT2D eigenvalue weighted by atomic mass is 9.96.